The van der Waals surface area contributed by atoms with Crippen LogP contribution < -0.4 is 10.6 Å². The second kappa shape index (κ2) is 8.73. The molecule has 0 unspecified atom stereocenters. The van der Waals surface area contributed by atoms with E-state index in [2.05, 4.69) is 39.8 Å². The molecule has 2 rings (SSSR count). The van der Waals surface area contributed by atoms with Crippen molar-refractivity contribution < 1.29 is 13.3 Å². The van der Waals surface area contributed by atoms with E-state index in [0.29, 0.717) is 12.4 Å². The Morgan fingerprint density at radius 3 is 2.75 bits per heavy atom. The molecule has 0 bridgehead atoms. The van der Waals surface area contributed by atoms with Crippen LogP contribution in [0.4, 0.5) is 14.8 Å². The number of hydrogen-bond acceptors (Lipinski definition) is 5. The number of hydrogen-bond donors (Lipinski definition) is 2. The molecule has 2 aromatic rings. The molecule has 132 valence electrons. The summed E-state index contributed by atoms with van der Waals surface area (Å²) in [6.07, 6.45) is -0.333. The summed E-state index contributed by atoms with van der Waals surface area (Å²) in [7, 11) is 0. The molecule has 0 aliphatic rings. The molecule has 7 heteroatoms. The minimum atomic E-state index is -2.67. The zero-order chi connectivity index (χ0) is 17.4. The summed E-state index contributed by atoms with van der Waals surface area (Å²) in [5.74, 6) is -2.37. The van der Waals surface area contributed by atoms with Crippen LogP contribution in [0.2, 0.25) is 0 Å². The van der Waals surface area contributed by atoms with E-state index in [1.165, 1.54) is 18.1 Å². The quantitative estimate of drug-likeness (QED) is 0.649. The summed E-state index contributed by atoms with van der Waals surface area (Å²) >= 11 is 0. The monoisotopic (exact) mass is 338 g/mol. The summed E-state index contributed by atoms with van der Waals surface area (Å²) < 4.78 is 31.4. The van der Waals surface area contributed by atoms with Gasteiger partial charge in [-0.25, -0.2) is 8.78 Å². The third-order valence-electron chi connectivity index (χ3n) is 3.85. The van der Waals surface area contributed by atoms with E-state index in [1.807, 2.05) is 12.1 Å². The van der Waals surface area contributed by atoms with Gasteiger partial charge in [0.1, 0.15) is 0 Å². The fraction of sp³-hybridized carbons (Fsp3) is 0.529. The Balaban J connectivity index is 1.65. The van der Waals surface area contributed by atoms with Crippen LogP contribution in [0.25, 0.3) is 0 Å². The van der Waals surface area contributed by atoms with Gasteiger partial charge in [-0.15, -0.1) is 0 Å². The third kappa shape index (κ3) is 5.88. The number of anilines is 1. The van der Waals surface area contributed by atoms with Crippen molar-refractivity contribution in [3.63, 3.8) is 0 Å². The highest BCUT2D eigenvalue weighted by Gasteiger charge is 2.26. The zero-order valence-electron chi connectivity index (χ0n) is 14.1. The first kappa shape index (κ1) is 18.3. The highest BCUT2D eigenvalue weighted by Crippen LogP contribution is 2.23. The molecule has 2 N–H and O–H groups in total. The van der Waals surface area contributed by atoms with E-state index in [1.54, 1.807) is 0 Å². The van der Waals surface area contributed by atoms with E-state index >= 15 is 0 Å². The Kier molecular flexibility index (Phi) is 6.66. The third-order valence-corrected chi connectivity index (χ3v) is 3.85. The lowest BCUT2D eigenvalue weighted by atomic mass is 10.1. The predicted molar refractivity (Wildman–Crippen MR) is 89.2 cm³/mol. The van der Waals surface area contributed by atoms with Crippen molar-refractivity contribution in [3.8, 4) is 0 Å². The normalized spacial score (nSPS) is 11.7. The number of nitrogens with one attached hydrogen (secondary N) is 2. The lowest BCUT2D eigenvalue weighted by molar-refractivity contribution is -0.0115. The van der Waals surface area contributed by atoms with Gasteiger partial charge in [-0.1, -0.05) is 36.3 Å². The van der Waals surface area contributed by atoms with Crippen molar-refractivity contribution in [1.82, 2.24) is 15.5 Å². The van der Waals surface area contributed by atoms with Crippen LogP contribution in [0.3, 0.4) is 0 Å². The second-order valence-corrected chi connectivity index (χ2v) is 5.76. The van der Waals surface area contributed by atoms with Gasteiger partial charge in [0, 0.05) is 38.9 Å². The number of nitrogens with zero attached hydrogens (tertiary/aromatic N) is 2. The second-order valence-electron chi connectivity index (χ2n) is 5.76. The number of aryl methyl sites for hydroxylation is 2. The molecule has 0 amide bonds. The average Bonchev–Trinajstić information content (AvgIpc) is 3.02. The molecule has 0 saturated carbocycles. The van der Waals surface area contributed by atoms with Crippen LogP contribution in [0.15, 0.2) is 28.8 Å². The number of halogens is 2. The van der Waals surface area contributed by atoms with Gasteiger partial charge in [-0.05, 0) is 18.1 Å². The molecular weight excluding hydrogens is 314 g/mol. The fourth-order valence-corrected chi connectivity index (χ4v) is 2.19. The first-order chi connectivity index (χ1) is 11.5. The van der Waals surface area contributed by atoms with Crippen LogP contribution >= 0.6 is 0 Å². The van der Waals surface area contributed by atoms with Crippen LogP contribution in [-0.2, 0) is 13.0 Å². The number of alkyl halides is 2. The fourth-order valence-electron chi connectivity index (χ4n) is 2.19. The standard InChI is InChI=1S/C17H24F2N4O/c1-3-17(18,19)9-8-15-22-16(24-23-15)21-11-10-20-12-14-7-5-4-6-13(14)2/h4-7,20H,3,8-12H2,1-2H3,(H,21,22,23). The number of rotatable bonds is 10. The molecule has 24 heavy (non-hydrogen) atoms. The molecule has 0 fully saturated rings. The van der Waals surface area contributed by atoms with Gasteiger partial charge in [0.25, 0.3) is 0 Å². The predicted octanol–water partition coefficient (Wildman–Crippen LogP) is 3.56. The largest absolute Gasteiger partial charge is 0.336 e. The van der Waals surface area contributed by atoms with Gasteiger partial charge in [0.15, 0.2) is 5.82 Å². The van der Waals surface area contributed by atoms with Crippen molar-refractivity contribution in [3.05, 3.63) is 41.2 Å². The number of benzene rings is 1. The van der Waals surface area contributed by atoms with Crippen LogP contribution in [0.1, 0.15) is 36.7 Å². The molecule has 1 heterocycles. The summed E-state index contributed by atoms with van der Waals surface area (Å²) in [6, 6.07) is 8.47. The van der Waals surface area contributed by atoms with Crippen molar-refractivity contribution in [2.24, 2.45) is 0 Å². The summed E-state index contributed by atoms with van der Waals surface area (Å²) in [6.45, 7) is 5.67. The molecule has 0 aliphatic carbocycles. The Morgan fingerprint density at radius 1 is 1.21 bits per heavy atom. The Morgan fingerprint density at radius 2 is 2.00 bits per heavy atom. The average molecular weight is 338 g/mol. The molecule has 1 aromatic carbocycles. The zero-order valence-corrected chi connectivity index (χ0v) is 14.1. The van der Waals surface area contributed by atoms with Crippen molar-refractivity contribution in [1.29, 1.82) is 0 Å². The highest BCUT2D eigenvalue weighted by atomic mass is 19.3. The topological polar surface area (TPSA) is 63.0 Å². The van der Waals surface area contributed by atoms with E-state index in [9.17, 15) is 8.78 Å². The minimum absolute atomic E-state index is 0.109. The van der Waals surface area contributed by atoms with E-state index in [-0.39, 0.29) is 25.3 Å². The SMILES string of the molecule is CCC(F)(F)CCc1noc(NCCNCc2ccccc2C)n1. The molecule has 1 aromatic heterocycles. The smallest absolute Gasteiger partial charge is 0.321 e. The molecule has 0 spiro atoms. The molecule has 0 radical (unpaired) electrons. The van der Waals surface area contributed by atoms with Gasteiger partial charge >= 0.3 is 6.01 Å². The van der Waals surface area contributed by atoms with E-state index in [0.717, 1.165) is 13.1 Å². The van der Waals surface area contributed by atoms with Gasteiger partial charge in [-0.2, -0.15) is 4.98 Å². The Hall–Kier alpha value is -2.02. The molecule has 0 atom stereocenters. The maximum atomic E-state index is 13.2. The van der Waals surface area contributed by atoms with E-state index < -0.39 is 5.92 Å². The van der Waals surface area contributed by atoms with E-state index in [4.69, 9.17) is 4.52 Å². The molecule has 0 aliphatic heterocycles. The van der Waals surface area contributed by atoms with Crippen LogP contribution in [0, 0.1) is 6.92 Å². The first-order valence-electron chi connectivity index (χ1n) is 8.19. The maximum Gasteiger partial charge on any atom is 0.321 e. The Bertz CT molecular complexity index is 631. The van der Waals surface area contributed by atoms with Gasteiger partial charge < -0.3 is 15.2 Å². The summed E-state index contributed by atoms with van der Waals surface area (Å²) in [5.41, 5.74) is 2.51. The van der Waals surface area contributed by atoms with Crippen molar-refractivity contribution in [2.45, 2.75) is 45.6 Å². The molecule has 0 saturated heterocycles. The maximum absolute atomic E-state index is 13.2. The lowest BCUT2D eigenvalue weighted by Gasteiger charge is -2.11. The molecule has 5 nitrogen and oxygen atoms in total. The van der Waals surface area contributed by atoms with Crippen molar-refractivity contribution >= 4 is 6.01 Å². The lowest BCUT2D eigenvalue weighted by Crippen LogP contribution is -2.22. The van der Waals surface area contributed by atoms with Gasteiger partial charge in [0.05, 0.1) is 0 Å². The minimum Gasteiger partial charge on any atom is -0.336 e. The van der Waals surface area contributed by atoms with Gasteiger partial charge in [-0.3, -0.25) is 0 Å². The van der Waals surface area contributed by atoms with Crippen LogP contribution in [-0.4, -0.2) is 29.2 Å². The van der Waals surface area contributed by atoms with Crippen molar-refractivity contribution in [2.75, 3.05) is 18.4 Å². The van der Waals surface area contributed by atoms with Crippen LogP contribution in [0.5, 0.6) is 0 Å². The summed E-state index contributed by atoms with van der Waals surface area (Å²) in [5, 5.41) is 10.0. The Labute approximate surface area is 140 Å². The highest BCUT2D eigenvalue weighted by molar-refractivity contribution is 5.25. The number of aromatic nitrogens is 2. The molecular formula is C17H24F2N4O. The summed E-state index contributed by atoms with van der Waals surface area (Å²) in [4.78, 5) is 4.07. The first-order valence-corrected chi connectivity index (χ1v) is 8.19. The van der Waals surface area contributed by atoms with Gasteiger partial charge in [0.2, 0.25) is 5.92 Å².